The third kappa shape index (κ3) is 2.16. The Hall–Kier alpha value is -1.76. The van der Waals surface area contributed by atoms with Gasteiger partial charge in [-0.2, -0.15) is 0 Å². The van der Waals surface area contributed by atoms with Gasteiger partial charge in [-0.25, -0.2) is 0 Å². The Labute approximate surface area is 134 Å². The predicted molar refractivity (Wildman–Crippen MR) is 90.1 cm³/mol. The first-order valence-electron chi connectivity index (χ1n) is 6.89. The molecule has 3 aromatic carbocycles. The van der Waals surface area contributed by atoms with Gasteiger partial charge in [0.2, 0.25) is 0 Å². The van der Waals surface area contributed by atoms with E-state index in [-0.39, 0.29) is 0 Å². The van der Waals surface area contributed by atoms with E-state index in [9.17, 15) is 0 Å². The van der Waals surface area contributed by atoms with Crippen LogP contribution in [0, 0.1) is 0 Å². The van der Waals surface area contributed by atoms with E-state index < -0.39 is 0 Å². The van der Waals surface area contributed by atoms with E-state index in [0.717, 1.165) is 12.0 Å². The summed E-state index contributed by atoms with van der Waals surface area (Å²) in [6.45, 7) is 0. The highest BCUT2D eigenvalue weighted by Gasteiger charge is 2.21. The zero-order chi connectivity index (χ0) is 14.4. The molecule has 21 heavy (non-hydrogen) atoms. The van der Waals surface area contributed by atoms with Gasteiger partial charge < -0.3 is 0 Å². The van der Waals surface area contributed by atoms with Gasteiger partial charge in [0.1, 0.15) is 0 Å². The second-order valence-electron chi connectivity index (χ2n) is 5.32. The van der Waals surface area contributed by atoms with Crippen LogP contribution in [0.1, 0.15) is 11.1 Å². The molecular weight excluding hydrogens is 299 g/mol. The molecule has 0 atom stereocenters. The molecule has 2 heteroatoms. The van der Waals surface area contributed by atoms with Gasteiger partial charge in [-0.3, -0.25) is 0 Å². The number of benzene rings is 3. The average Bonchev–Trinajstić information content (AvgIpc) is 2.84. The minimum Gasteiger partial charge on any atom is -0.0843 e. The first-order chi connectivity index (χ1) is 10.2. The zero-order valence-corrected chi connectivity index (χ0v) is 12.7. The van der Waals surface area contributed by atoms with Crippen LogP contribution in [0.15, 0.2) is 60.7 Å². The minimum atomic E-state index is 0.672. The molecule has 4 rings (SSSR count). The van der Waals surface area contributed by atoms with Crippen molar-refractivity contribution < 1.29 is 0 Å². The van der Waals surface area contributed by atoms with Gasteiger partial charge in [0.15, 0.2) is 0 Å². The molecule has 0 nitrogen and oxygen atoms in total. The predicted octanol–water partition coefficient (Wildman–Crippen LogP) is 6.23. The molecule has 0 bridgehead atoms. The van der Waals surface area contributed by atoms with Crippen LogP contribution in [-0.4, -0.2) is 0 Å². The third-order valence-electron chi connectivity index (χ3n) is 4.02. The lowest BCUT2D eigenvalue weighted by Gasteiger charge is -2.10. The molecule has 0 unspecified atom stereocenters. The van der Waals surface area contributed by atoms with E-state index in [1.54, 1.807) is 6.07 Å². The van der Waals surface area contributed by atoms with Gasteiger partial charge in [-0.05, 0) is 58.0 Å². The lowest BCUT2D eigenvalue weighted by atomic mass is 9.96. The van der Waals surface area contributed by atoms with Crippen molar-refractivity contribution >= 4 is 23.2 Å². The molecule has 0 saturated carbocycles. The summed E-state index contributed by atoms with van der Waals surface area (Å²) in [7, 11) is 0. The van der Waals surface area contributed by atoms with Crippen LogP contribution in [0.2, 0.25) is 10.0 Å². The van der Waals surface area contributed by atoms with Crippen LogP contribution in [0.4, 0.5) is 0 Å². The van der Waals surface area contributed by atoms with Gasteiger partial charge in [0, 0.05) is 10.0 Å². The number of hydrogen-bond acceptors (Lipinski definition) is 0. The first-order valence-corrected chi connectivity index (χ1v) is 7.64. The summed E-state index contributed by atoms with van der Waals surface area (Å²) >= 11 is 12.3. The van der Waals surface area contributed by atoms with E-state index >= 15 is 0 Å². The Morgan fingerprint density at radius 1 is 0.667 bits per heavy atom. The summed E-state index contributed by atoms with van der Waals surface area (Å²) in [4.78, 5) is 0. The molecule has 0 heterocycles. The molecule has 0 aliphatic heterocycles. The monoisotopic (exact) mass is 310 g/mol. The normalized spacial score (nSPS) is 12.1. The quantitative estimate of drug-likeness (QED) is 0.391. The lowest BCUT2D eigenvalue weighted by molar-refractivity contribution is 1.26. The summed E-state index contributed by atoms with van der Waals surface area (Å²) in [6.07, 6.45) is 0.964. The Bertz CT molecular complexity index is 830. The van der Waals surface area contributed by atoms with Gasteiger partial charge in [-0.1, -0.05) is 65.7 Å². The van der Waals surface area contributed by atoms with E-state index in [0.29, 0.717) is 10.0 Å². The number of hydrogen-bond donors (Lipinski definition) is 0. The molecule has 3 aromatic rings. The van der Waals surface area contributed by atoms with Crippen LogP contribution in [0.3, 0.4) is 0 Å². The van der Waals surface area contributed by atoms with Gasteiger partial charge in [-0.15, -0.1) is 0 Å². The highest BCUT2D eigenvalue weighted by Crippen LogP contribution is 2.42. The SMILES string of the molecule is Clc1cc(Cl)cc(-c2cccc3c2Cc2ccccc2-3)c1. The Kier molecular flexibility index (Phi) is 3.02. The van der Waals surface area contributed by atoms with Crippen LogP contribution >= 0.6 is 23.2 Å². The fraction of sp³-hybridized carbons (Fsp3) is 0.0526. The van der Waals surface area contributed by atoms with Crippen molar-refractivity contribution in [3.05, 3.63) is 81.8 Å². The summed E-state index contributed by atoms with van der Waals surface area (Å²) in [5.74, 6) is 0. The molecule has 0 aromatic heterocycles. The fourth-order valence-electron chi connectivity index (χ4n) is 3.14. The molecule has 1 aliphatic rings. The van der Waals surface area contributed by atoms with Crippen molar-refractivity contribution in [2.24, 2.45) is 0 Å². The molecule has 1 aliphatic carbocycles. The smallest absolute Gasteiger partial charge is 0.0426 e. The number of rotatable bonds is 1. The van der Waals surface area contributed by atoms with Crippen molar-refractivity contribution in [3.8, 4) is 22.3 Å². The van der Waals surface area contributed by atoms with E-state index in [2.05, 4.69) is 42.5 Å². The average molecular weight is 311 g/mol. The Morgan fingerprint density at radius 2 is 1.33 bits per heavy atom. The van der Waals surface area contributed by atoms with Crippen LogP contribution < -0.4 is 0 Å². The summed E-state index contributed by atoms with van der Waals surface area (Å²) < 4.78 is 0. The van der Waals surface area contributed by atoms with Crippen molar-refractivity contribution in [1.82, 2.24) is 0 Å². The molecule has 0 N–H and O–H groups in total. The van der Waals surface area contributed by atoms with Crippen molar-refractivity contribution in [3.63, 3.8) is 0 Å². The summed E-state index contributed by atoms with van der Waals surface area (Å²) in [5, 5.41) is 1.34. The topological polar surface area (TPSA) is 0 Å². The molecule has 0 radical (unpaired) electrons. The largest absolute Gasteiger partial charge is 0.0843 e. The first kappa shape index (κ1) is 12.9. The maximum Gasteiger partial charge on any atom is 0.0426 e. The maximum atomic E-state index is 6.16. The van der Waals surface area contributed by atoms with Crippen molar-refractivity contribution in [2.75, 3.05) is 0 Å². The summed E-state index contributed by atoms with van der Waals surface area (Å²) in [6, 6.07) is 20.7. The van der Waals surface area contributed by atoms with Gasteiger partial charge >= 0.3 is 0 Å². The van der Waals surface area contributed by atoms with E-state index in [4.69, 9.17) is 23.2 Å². The van der Waals surface area contributed by atoms with Crippen molar-refractivity contribution in [2.45, 2.75) is 6.42 Å². The van der Waals surface area contributed by atoms with Gasteiger partial charge in [0.05, 0.1) is 0 Å². The van der Waals surface area contributed by atoms with Crippen LogP contribution in [-0.2, 0) is 6.42 Å². The molecule has 0 saturated heterocycles. The van der Waals surface area contributed by atoms with E-state index in [1.807, 2.05) is 12.1 Å². The Morgan fingerprint density at radius 3 is 2.14 bits per heavy atom. The lowest BCUT2D eigenvalue weighted by Crippen LogP contribution is -1.88. The highest BCUT2D eigenvalue weighted by atomic mass is 35.5. The second kappa shape index (κ2) is 4.91. The molecular formula is C19H12Cl2. The zero-order valence-electron chi connectivity index (χ0n) is 11.2. The van der Waals surface area contributed by atoms with Crippen LogP contribution in [0.25, 0.3) is 22.3 Å². The van der Waals surface area contributed by atoms with Crippen LogP contribution in [0.5, 0.6) is 0 Å². The molecule has 0 amide bonds. The molecule has 102 valence electrons. The summed E-state index contributed by atoms with van der Waals surface area (Å²) in [5.41, 5.74) is 7.69. The second-order valence-corrected chi connectivity index (χ2v) is 6.20. The third-order valence-corrected chi connectivity index (χ3v) is 4.46. The van der Waals surface area contributed by atoms with Crippen molar-refractivity contribution in [1.29, 1.82) is 0 Å². The van der Waals surface area contributed by atoms with Gasteiger partial charge in [0.25, 0.3) is 0 Å². The Balaban J connectivity index is 1.94. The number of halogens is 2. The van der Waals surface area contributed by atoms with E-state index in [1.165, 1.54) is 27.8 Å². The minimum absolute atomic E-state index is 0.672. The number of fused-ring (bicyclic) bond motifs is 3. The molecule has 0 fully saturated rings. The standard InChI is InChI=1S/C19H12Cl2/c20-14-8-13(9-15(21)11-14)17-6-3-7-18-16-5-2-1-4-12(16)10-19(17)18/h1-9,11H,10H2. The highest BCUT2D eigenvalue weighted by molar-refractivity contribution is 6.35. The fourth-order valence-corrected chi connectivity index (χ4v) is 3.66. The molecule has 0 spiro atoms. The maximum absolute atomic E-state index is 6.16.